The number of nitrogen functional groups attached to an aromatic ring is 1. The molecule has 1 aromatic rings. The van der Waals surface area contributed by atoms with Crippen molar-refractivity contribution < 1.29 is 13.2 Å². The van der Waals surface area contributed by atoms with Gasteiger partial charge in [0.1, 0.15) is 6.07 Å². The van der Waals surface area contributed by atoms with Gasteiger partial charge in [-0.2, -0.15) is 5.26 Å². The fraction of sp³-hybridized carbons (Fsp3) is 0.462. The van der Waals surface area contributed by atoms with E-state index in [0.717, 1.165) is 19.4 Å². The first-order chi connectivity index (χ1) is 9.53. The Morgan fingerprint density at radius 3 is 2.95 bits per heavy atom. The van der Waals surface area contributed by atoms with Crippen molar-refractivity contribution in [1.29, 1.82) is 5.26 Å². The van der Waals surface area contributed by atoms with Gasteiger partial charge in [0.05, 0.1) is 17.1 Å². The summed E-state index contributed by atoms with van der Waals surface area (Å²) < 4.78 is 32.3. The second-order valence-electron chi connectivity index (χ2n) is 4.80. The minimum Gasteiger partial charge on any atom is -0.399 e. The Bertz CT molecular complexity index is 616. The van der Waals surface area contributed by atoms with Crippen LogP contribution in [0.5, 0.6) is 0 Å². The van der Waals surface area contributed by atoms with E-state index in [-0.39, 0.29) is 16.4 Å². The van der Waals surface area contributed by atoms with Gasteiger partial charge in [0.15, 0.2) is 0 Å². The van der Waals surface area contributed by atoms with Crippen LogP contribution in [0.3, 0.4) is 0 Å². The number of nitrogens with one attached hydrogen (secondary N) is 1. The van der Waals surface area contributed by atoms with Crippen LogP contribution in [-0.4, -0.2) is 28.2 Å². The number of anilines is 1. The molecule has 1 fully saturated rings. The number of ether oxygens (including phenoxy) is 1. The standard InChI is InChI=1S/C13H17N3O3S/c14-7-11-6-12(15)3-4-13(11)20(17,18)16-8-10-2-1-5-19-9-10/h3-4,6,10,16H,1-2,5,8-9,15H2. The largest absolute Gasteiger partial charge is 0.399 e. The first-order valence-corrected chi connectivity index (χ1v) is 7.88. The van der Waals surface area contributed by atoms with E-state index in [9.17, 15) is 8.42 Å². The van der Waals surface area contributed by atoms with Gasteiger partial charge in [-0.15, -0.1) is 0 Å². The van der Waals surface area contributed by atoms with Crippen LogP contribution in [-0.2, 0) is 14.8 Å². The highest BCUT2D eigenvalue weighted by Crippen LogP contribution is 2.19. The molecule has 1 aromatic carbocycles. The normalized spacial score (nSPS) is 19.4. The second kappa shape index (κ2) is 6.22. The molecule has 0 saturated carbocycles. The Labute approximate surface area is 118 Å². The highest BCUT2D eigenvalue weighted by atomic mass is 32.2. The first kappa shape index (κ1) is 14.8. The molecule has 1 unspecified atom stereocenters. The molecule has 1 saturated heterocycles. The minimum absolute atomic E-state index is 0.0362. The van der Waals surface area contributed by atoms with Crippen LogP contribution in [0.4, 0.5) is 5.69 Å². The van der Waals surface area contributed by atoms with Gasteiger partial charge in [0, 0.05) is 18.8 Å². The van der Waals surface area contributed by atoms with Crippen molar-refractivity contribution in [2.75, 3.05) is 25.5 Å². The van der Waals surface area contributed by atoms with E-state index in [1.807, 2.05) is 6.07 Å². The molecule has 1 heterocycles. The third-order valence-corrected chi connectivity index (χ3v) is 4.71. The lowest BCUT2D eigenvalue weighted by Gasteiger charge is -2.22. The van der Waals surface area contributed by atoms with E-state index in [1.165, 1.54) is 18.2 Å². The molecule has 0 amide bonds. The lowest BCUT2D eigenvalue weighted by atomic mass is 10.0. The fourth-order valence-corrected chi connectivity index (χ4v) is 3.39. The molecule has 0 bridgehead atoms. The molecule has 0 aliphatic carbocycles. The maximum Gasteiger partial charge on any atom is 0.241 e. The van der Waals surface area contributed by atoms with Crippen LogP contribution < -0.4 is 10.5 Å². The topological polar surface area (TPSA) is 105 Å². The third kappa shape index (κ3) is 3.48. The van der Waals surface area contributed by atoms with Crippen molar-refractivity contribution in [3.63, 3.8) is 0 Å². The van der Waals surface area contributed by atoms with Gasteiger partial charge in [-0.25, -0.2) is 13.1 Å². The SMILES string of the molecule is N#Cc1cc(N)ccc1S(=O)(=O)NCC1CCCOC1. The molecule has 20 heavy (non-hydrogen) atoms. The summed E-state index contributed by atoms with van der Waals surface area (Å²) >= 11 is 0. The quantitative estimate of drug-likeness (QED) is 0.801. The summed E-state index contributed by atoms with van der Waals surface area (Å²) in [5.41, 5.74) is 5.97. The number of nitrogens with zero attached hydrogens (tertiary/aromatic N) is 1. The maximum atomic E-state index is 12.2. The summed E-state index contributed by atoms with van der Waals surface area (Å²) in [6, 6.07) is 6.04. The molecule has 0 aromatic heterocycles. The Balaban J connectivity index is 2.12. The third-order valence-electron chi connectivity index (χ3n) is 3.23. The summed E-state index contributed by atoms with van der Waals surface area (Å²) in [4.78, 5) is -0.0362. The molecule has 0 radical (unpaired) electrons. The second-order valence-corrected chi connectivity index (χ2v) is 6.54. The summed E-state index contributed by atoms with van der Waals surface area (Å²) in [6.45, 7) is 1.62. The van der Waals surface area contributed by atoms with Crippen LogP contribution in [0.1, 0.15) is 18.4 Å². The van der Waals surface area contributed by atoms with E-state index in [1.54, 1.807) is 0 Å². The summed E-state index contributed by atoms with van der Waals surface area (Å²) in [5.74, 6) is 0.179. The predicted octanol–water partition coefficient (Wildman–Crippen LogP) is 0.845. The summed E-state index contributed by atoms with van der Waals surface area (Å²) in [5, 5.41) is 9.01. The van der Waals surface area contributed by atoms with Crippen molar-refractivity contribution >= 4 is 15.7 Å². The molecular weight excluding hydrogens is 278 g/mol. The van der Waals surface area contributed by atoms with Gasteiger partial charge in [0.25, 0.3) is 0 Å². The number of hydrogen-bond acceptors (Lipinski definition) is 5. The van der Waals surface area contributed by atoms with Crippen LogP contribution in [0.15, 0.2) is 23.1 Å². The Kier molecular flexibility index (Phi) is 4.60. The summed E-state index contributed by atoms with van der Waals surface area (Å²) in [6.07, 6.45) is 1.88. The highest BCUT2D eigenvalue weighted by molar-refractivity contribution is 7.89. The van der Waals surface area contributed by atoms with E-state index in [0.29, 0.717) is 18.8 Å². The van der Waals surface area contributed by atoms with Crippen molar-refractivity contribution in [2.45, 2.75) is 17.7 Å². The molecule has 1 aliphatic rings. The number of nitrogens with two attached hydrogens (primary N) is 1. The van der Waals surface area contributed by atoms with Gasteiger partial charge >= 0.3 is 0 Å². The van der Waals surface area contributed by atoms with Gasteiger partial charge in [-0.3, -0.25) is 0 Å². The number of benzene rings is 1. The van der Waals surface area contributed by atoms with Gasteiger partial charge in [-0.1, -0.05) is 0 Å². The van der Waals surface area contributed by atoms with Crippen molar-refractivity contribution in [3.05, 3.63) is 23.8 Å². The Morgan fingerprint density at radius 2 is 2.30 bits per heavy atom. The fourth-order valence-electron chi connectivity index (χ4n) is 2.14. The monoisotopic (exact) mass is 295 g/mol. The van der Waals surface area contributed by atoms with Gasteiger partial charge in [0.2, 0.25) is 10.0 Å². The van der Waals surface area contributed by atoms with E-state index >= 15 is 0 Å². The minimum atomic E-state index is -3.70. The van der Waals surface area contributed by atoms with Gasteiger partial charge < -0.3 is 10.5 Å². The first-order valence-electron chi connectivity index (χ1n) is 6.40. The summed E-state index contributed by atoms with van der Waals surface area (Å²) in [7, 11) is -3.70. The lowest BCUT2D eigenvalue weighted by molar-refractivity contribution is 0.0568. The number of rotatable bonds is 4. The smallest absolute Gasteiger partial charge is 0.241 e. The Morgan fingerprint density at radius 1 is 1.50 bits per heavy atom. The van der Waals surface area contributed by atoms with Crippen LogP contribution in [0, 0.1) is 17.2 Å². The maximum absolute atomic E-state index is 12.2. The van der Waals surface area contributed by atoms with Crippen molar-refractivity contribution in [1.82, 2.24) is 4.72 Å². The van der Waals surface area contributed by atoms with Gasteiger partial charge in [-0.05, 0) is 37.0 Å². The molecule has 108 valence electrons. The molecule has 2 rings (SSSR count). The molecule has 6 nitrogen and oxygen atoms in total. The zero-order valence-electron chi connectivity index (χ0n) is 11.0. The molecular formula is C13H17N3O3S. The molecule has 3 N–H and O–H groups in total. The zero-order valence-corrected chi connectivity index (χ0v) is 11.8. The average molecular weight is 295 g/mol. The number of hydrogen-bond donors (Lipinski definition) is 2. The number of sulfonamides is 1. The van der Waals surface area contributed by atoms with Crippen LogP contribution >= 0.6 is 0 Å². The molecule has 1 atom stereocenters. The van der Waals surface area contributed by atoms with Crippen molar-refractivity contribution in [3.8, 4) is 6.07 Å². The van der Waals surface area contributed by atoms with E-state index in [4.69, 9.17) is 15.7 Å². The lowest BCUT2D eigenvalue weighted by Crippen LogP contribution is -2.33. The van der Waals surface area contributed by atoms with Crippen LogP contribution in [0.2, 0.25) is 0 Å². The number of nitriles is 1. The molecule has 1 aliphatic heterocycles. The molecule has 7 heteroatoms. The van der Waals surface area contributed by atoms with E-state index in [2.05, 4.69) is 4.72 Å². The highest BCUT2D eigenvalue weighted by Gasteiger charge is 2.21. The van der Waals surface area contributed by atoms with Crippen LogP contribution in [0.25, 0.3) is 0 Å². The average Bonchev–Trinajstić information content (AvgIpc) is 2.46. The molecule has 0 spiro atoms. The zero-order chi connectivity index (χ0) is 14.6. The van der Waals surface area contributed by atoms with Crippen molar-refractivity contribution in [2.24, 2.45) is 5.92 Å². The predicted molar refractivity (Wildman–Crippen MR) is 74.3 cm³/mol. The Hall–Kier alpha value is -1.62. The van der Waals surface area contributed by atoms with E-state index < -0.39 is 10.0 Å².